The molecule has 2 unspecified atom stereocenters. The fourth-order valence-electron chi connectivity index (χ4n) is 2.20. The van der Waals surface area contributed by atoms with Crippen LogP contribution >= 0.6 is 0 Å². The van der Waals surface area contributed by atoms with Crippen LogP contribution in [-0.4, -0.2) is 17.8 Å². The summed E-state index contributed by atoms with van der Waals surface area (Å²) in [6, 6.07) is 0.209. The second-order valence-corrected chi connectivity index (χ2v) is 5.30. The van der Waals surface area contributed by atoms with Crippen molar-refractivity contribution in [3.05, 3.63) is 0 Å². The van der Waals surface area contributed by atoms with Gasteiger partial charge < -0.3 is 10.8 Å². The normalized spacial score (nSPS) is 16.4. The molecule has 0 aliphatic heterocycles. The summed E-state index contributed by atoms with van der Waals surface area (Å²) in [6.45, 7) is 9.02. The molecule has 0 aromatic heterocycles. The van der Waals surface area contributed by atoms with E-state index in [2.05, 4.69) is 27.7 Å². The number of aliphatic hydroxyl groups is 1. The van der Waals surface area contributed by atoms with E-state index in [-0.39, 0.29) is 18.1 Å². The molecular weight excluding hydrogens is 186 g/mol. The molecule has 0 aromatic carbocycles. The molecule has 0 aliphatic carbocycles. The smallest absolute Gasteiger partial charge is 0.0436 e. The van der Waals surface area contributed by atoms with E-state index < -0.39 is 0 Å². The number of nitrogens with two attached hydrogens (primary N) is 1. The van der Waals surface area contributed by atoms with Crippen LogP contribution in [0.3, 0.4) is 0 Å². The lowest BCUT2D eigenvalue weighted by Gasteiger charge is -2.36. The van der Waals surface area contributed by atoms with E-state index >= 15 is 0 Å². The molecule has 92 valence electrons. The van der Waals surface area contributed by atoms with Crippen molar-refractivity contribution in [2.24, 2.45) is 17.1 Å². The number of hydrogen-bond acceptors (Lipinski definition) is 2. The quantitative estimate of drug-likeness (QED) is 0.654. The molecule has 0 radical (unpaired) electrons. The predicted octanol–water partition coefficient (Wildman–Crippen LogP) is 2.94. The molecule has 0 amide bonds. The van der Waals surface area contributed by atoms with E-state index in [4.69, 9.17) is 10.8 Å². The van der Waals surface area contributed by atoms with Crippen molar-refractivity contribution in [1.82, 2.24) is 0 Å². The highest BCUT2D eigenvalue weighted by atomic mass is 16.3. The summed E-state index contributed by atoms with van der Waals surface area (Å²) >= 11 is 0. The topological polar surface area (TPSA) is 46.2 Å². The van der Waals surface area contributed by atoms with Crippen LogP contribution < -0.4 is 5.73 Å². The highest BCUT2D eigenvalue weighted by Gasteiger charge is 2.30. The SMILES string of the molecule is CCCCC(CC)C(N)C(C)(C)CCO. The summed E-state index contributed by atoms with van der Waals surface area (Å²) in [4.78, 5) is 0. The van der Waals surface area contributed by atoms with Crippen LogP contribution in [0.25, 0.3) is 0 Å². The zero-order valence-corrected chi connectivity index (χ0v) is 10.9. The molecule has 2 nitrogen and oxygen atoms in total. The number of aliphatic hydroxyl groups excluding tert-OH is 1. The van der Waals surface area contributed by atoms with Crippen molar-refractivity contribution >= 4 is 0 Å². The number of unbranched alkanes of at least 4 members (excludes halogenated alkanes) is 1. The molecule has 0 spiro atoms. The minimum Gasteiger partial charge on any atom is -0.396 e. The third-order valence-corrected chi connectivity index (χ3v) is 3.62. The largest absolute Gasteiger partial charge is 0.396 e. The Hall–Kier alpha value is -0.0800. The Kier molecular flexibility index (Phi) is 7.20. The lowest BCUT2D eigenvalue weighted by Crippen LogP contribution is -2.43. The van der Waals surface area contributed by atoms with Crippen molar-refractivity contribution in [1.29, 1.82) is 0 Å². The number of hydrogen-bond donors (Lipinski definition) is 2. The van der Waals surface area contributed by atoms with Crippen molar-refractivity contribution in [3.63, 3.8) is 0 Å². The average molecular weight is 215 g/mol. The Labute approximate surface area is 95.3 Å². The fraction of sp³-hybridized carbons (Fsp3) is 1.00. The first-order chi connectivity index (χ1) is 6.99. The average Bonchev–Trinajstić information content (AvgIpc) is 2.18. The first kappa shape index (κ1) is 14.9. The summed E-state index contributed by atoms with van der Waals surface area (Å²) in [5.41, 5.74) is 6.38. The van der Waals surface area contributed by atoms with Gasteiger partial charge >= 0.3 is 0 Å². The van der Waals surface area contributed by atoms with E-state index in [0.29, 0.717) is 5.92 Å². The molecule has 3 N–H and O–H groups in total. The second-order valence-electron chi connectivity index (χ2n) is 5.30. The summed E-state index contributed by atoms with van der Waals surface area (Å²) in [5.74, 6) is 0.603. The van der Waals surface area contributed by atoms with Crippen molar-refractivity contribution < 1.29 is 5.11 Å². The van der Waals surface area contributed by atoms with Crippen molar-refractivity contribution in [2.75, 3.05) is 6.61 Å². The van der Waals surface area contributed by atoms with Gasteiger partial charge in [-0.2, -0.15) is 0 Å². The molecule has 0 bridgehead atoms. The molecule has 15 heavy (non-hydrogen) atoms. The molecule has 0 saturated heterocycles. The van der Waals surface area contributed by atoms with Crippen LogP contribution in [-0.2, 0) is 0 Å². The first-order valence-electron chi connectivity index (χ1n) is 6.36. The Bertz CT molecular complexity index is 157. The molecule has 0 aromatic rings. The molecule has 0 saturated carbocycles. The third-order valence-electron chi connectivity index (χ3n) is 3.62. The van der Waals surface area contributed by atoms with Gasteiger partial charge in [-0.1, -0.05) is 47.0 Å². The summed E-state index contributed by atoms with van der Waals surface area (Å²) in [6.07, 6.45) is 5.68. The minimum absolute atomic E-state index is 0.0587. The fourth-order valence-corrected chi connectivity index (χ4v) is 2.20. The van der Waals surface area contributed by atoms with Gasteiger partial charge in [0.15, 0.2) is 0 Å². The van der Waals surface area contributed by atoms with Crippen LogP contribution in [0.1, 0.15) is 59.8 Å². The Morgan fingerprint density at radius 2 is 1.87 bits per heavy atom. The predicted molar refractivity (Wildman–Crippen MR) is 66.8 cm³/mol. The molecule has 0 fully saturated rings. The van der Waals surface area contributed by atoms with Gasteiger partial charge in [-0.05, 0) is 24.2 Å². The maximum Gasteiger partial charge on any atom is 0.0436 e. The van der Waals surface area contributed by atoms with Crippen LogP contribution in [0.15, 0.2) is 0 Å². The summed E-state index contributed by atoms with van der Waals surface area (Å²) < 4.78 is 0. The van der Waals surface area contributed by atoms with E-state index in [1.165, 1.54) is 19.3 Å². The standard InChI is InChI=1S/C13H29NO/c1-5-7-8-11(6-2)12(14)13(3,4)9-10-15/h11-12,15H,5-10,14H2,1-4H3. The maximum atomic E-state index is 9.03. The Morgan fingerprint density at radius 3 is 2.27 bits per heavy atom. The van der Waals surface area contributed by atoms with Gasteiger partial charge in [-0.15, -0.1) is 0 Å². The van der Waals surface area contributed by atoms with Crippen LogP contribution in [0, 0.1) is 11.3 Å². The highest BCUT2D eigenvalue weighted by Crippen LogP contribution is 2.31. The van der Waals surface area contributed by atoms with Crippen LogP contribution in [0.4, 0.5) is 0 Å². The third kappa shape index (κ3) is 4.98. The maximum absolute atomic E-state index is 9.03. The van der Waals surface area contributed by atoms with Gasteiger partial charge in [0.1, 0.15) is 0 Å². The lowest BCUT2D eigenvalue weighted by atomic mass is 9.73. The van der Waals surface area contributed by atoms with E-state index in [1.54, 1.807) is 0 Å². The van der Waals surface area contributed by atoms with E-state index in [1.807, 2.05) is 0 Å². The van der Waals surface area contributed by atoms with Gasteiger partial charge in [-0.3, -0.25) is 0 Å². The number of rotatable bonds is 8. The molecule has 2 heteroatoms. The van der Waals surface area contributed by atoms with Gasteiger partial charge in [0.2, 0.25) is 0 Å². The van der Waals surface area contributed by atoms with Gasteiger partial charge in [-0.25, -0.2) is 0 Å². The Morgan fingerprint density at radius 1 is 1.27 bits per heavy atom. The summed E-state index contributed by atoms with van der Waals surface area (Å²) in [7, 11) is 0. The van der Waals surface area contributed by atoms with Crippen molar-refractivity contribution in [2.45, 2.75) is 65.8 Å². The monoisotopic (exact) mass is 215 g/mol. The Balaban J connectivity index is 4.28. The highest BCUT2D eigenvalue weighted by molar-refractivity contribution is 4.86. The van der Waals surface area contributed by atoms with Gasteiger partial charge in [0, 0.05) is 12.6 Å². The van der Waals surface area contributed by atoms with Gasteiger partial charge in [0.25, 0.3) is 0 Å². The molecule has 0 heterocycles. The second kappa shape index (κ2) is 7.24. The van der Waals surface area contributed by atoms with Crippen LogP contribution in [0.5, 0.6) is 0 Å². The molecule has 2 atom stereocenters. The minimum atomic E-state index is 0.0587. The van der Waals surface area contributed by atoms with Crippen molar-refractivity contribution in [3.8, 4) is 0 Å². The van der Waals surface area contributed by atoms with E-state index in [0.717, 1.165) is 12.8 Å². The molecular formula is C13H29NO. The zero-order chi connectivity index (χ0) is 11.9. The lowest BCUT2D eigenvalue weighted by molar-refractivity contribution is 0.144. The van der Waals surface area contributed by atoms with Gasteiger partial charge in [0.05, 0.1) is 0 Å². The van der Waals surface area contributed by atoms with Crippen LogP contribution in [0.2, 0.25) is 0 Å². The van der Waals surface area contributed by atoms with E-state index in [9.17, 15) is 0 Å². The molecule has 0 aliphatic rings. The first-order valence-corrected chi connectivity index (χ1v) is 6.36. The summed E-state index contributed by atoms with van der Waals surface area (Å²) in [5, 5.41) is 9.03. The zero-order valence-electron chi connectivity index (χ0n) is 10.9. The molecule has 0 rings (SSSR count).